The van der Waals surface area contributed by atoms with E-state index in [1.54, 1.807) is 0 Å². The number of ether oxygens (including phenoxy) is 1. The molecule has 5 rings (SSSR count). The van der Waals surface area contributed by atoms with E-state index in [0.29, 0.717) is 10.8 Å². The Morgan fingerprint density at radius 1 is 0.944 bits per heavy atom. The van der Waals surface area contributed by atoms with Crippen LogP contribution in [0.3, 0.4) is 0 Å². The molecule has 6 nitrogen and oxygen atoms in total. The lowest BCUT2D eigenvalue weighted by molar-refractivity contribution is 0.179. The standard InChI is InChI=1S/C29H30ClN5O/c1-34(2)22-16-14-21(15-17-22)31-27-19-28(33-29(32-27)25-12-6-7-13-26(25)30)35-18-8-11-24(20-35)36-23-9-4-3-5-10-23/h3-7,9-10,12-17,19,24H,8,11,18,20H2,1-2H3,(H,31,32,33). The number of piperidine rings is 1. The summed E-state index contributed by atoms with van der Waals surface area (Å²) in [4.78, 5) is 14.1. The average Bonchev–Trinajstić information content (AvgIpc) is 2.90. The number of nitrogens with one attached hydrogen (secondary N) is 1. The molecule has 0 amide bonds. The molecule has 1 saturated heterocycles. The SMILES string of the molecule is CN(C)c1ccc(Nc2cc(N3CCCC(Oc4ccccc4)C3)nc(-c3ccccc3Cl)n2)cc1. The van der Waals surface area contributed by atoms with Crippen LogP contribution < -0.4 is 19.9 Å². The lowest BCUT2D eigenvalue weighted by Crippen LogP contribution is -2.41. The second-order valence-electron chi connectivity index (χ2n) is 9.12. The molecule has 7 heteroatoms. The van der Waals surface area contributed by atoms with Gasteiger partial charge in [0.1, 0.15) is 23.5 Å². The number of benzene rings is 3. The van der Waals surface area contributed by atoms with Gasteiger partial charge in [-0.1, -0.05) is 41.9 Å². The predicted octanol–water partition coefficient (Wildman–Crippen LogP) is 6.65. The van der Waals surface area contributed by atoms with Crippen LogP contribution in [0.15, 0.2) is 84.9 Å². The maximum absolute atomic E-state index is 6.53. The zero-order chi connectivity index (χ0) is 24.9. The van der Waals surface area contributed by atoms with Crippen LogP contribution in [0.4, 0.5) is 23.0 Å². The highest BCUT2D eigenvalue weighted by Crippen LogP contribution is 2.31. The molecule has 1 unspecified atom stereocenters. The summed E-state index contributed by atoms with van der Waals surface area (Å²) < 4.78 is 6.27. The molecule has 0 bridgehead atoms. The molecule has 36 heavy (non-hydrogen) atoms. The molecule has 4 aromatic rings. The van der Waals surface area contributed by atoms with Crippen LogP contribution in [0.1, 0.15) is 12.8 Å². The summed E-state index contributed by atoms with van der Waals surface area (Å²) >= 11 is 6.53. The van der Waals surface area contributed by atoms with Gasteiger partial charge in [0.25, 0.3) is 0 Å². The number of aromatic nitrogens is 2. The van der Waals surface area contributed by atoms with E-state index in [-0.39, 0.29) is 6.10 Å². The molecule has 0 saturated carbocycles. The third kappa shape index (κ3) is 5.71. The quantitative estimate of drug-likeness (QED) is 0.307. The van der Waals surface area contributed by atoms with Crippen molar-refractivity contribution in [1.82, 2.24) is 9.97 Å². The van der Waals surface area contributed by atoms with Gasteiger partial charge < -0.3 is 19.9 Å². The lowest BCUT2D eigenvalue weighted by Gasteiger charge is -2.34. The van der Waals surface area contributed by atoms with Crippen LogP contribution in [0.5, 0.6) is 5.75 Å². The summed E-state index contributed by atoms with van der Waals surface area (Å²) in [5.41, 5.74) is 2.90. The van der Waals surface area contributed by atoms with E-state index in [1.165, 1.54) is 0 Å². The molecule has 0 spiro atoms. The van der Waals surface area contributed by atoms with Crippen LogP contribution in [0, 0.1) is 0 Å². The topological polar surface area (TPSA) is 53.5 Å². The molecule has 1 aliphatic heterocycles. The number of nitrogens with zero attached hydrogens (tertiary/aromatic N) is 4. The first-order chi connectivity index (χ1) is 17.5. The minimum Gasteiger partial charge on any atom is -0.489 e. The largest absolute Gasteiger partial charge is 0.489 e. The third-order valence-electron chi connectivity index (χ3n) is 6.23. The molecular weight excluding hydrogens is 470 g/mol. The van der Waals surface area contributed by atoms with Crippen molar-refractivity contribution >= 4 is 34.6 Å². The number of halogens is 1. The first kappa shape index (κ1) is 23.9. The Bertz CT molecular complexity index is 1300. The van der Waals surface area contributed by atoms with Crippen molar-refractivity contribution in [3.05, 3.63) is 90.0 Å². The van der Waals surface area contributed by atoms with Crippen molar-refractivity contribution in [3.63, 3.8) is 0 Å². The Kier molecular flexibility index (Phi) is 7.23. The Labute approximate surface area is 217 Å². The molecule has 2 heterocycles. The number of hydrogen-bond acceptors (Lipinski definition) is 6. The van der Waals surface area contributed by atoms with E-state index in [4.69, 9.17) is 26.3 Å². The first-order valence-corrected chi connectivity index (χ1v) is 12.6. The molecule has 0 radical (unpaired) electrons. The Morgan fingerprint density at radius 3 is 2.44 bits per heavy atom. The smallest absolute Gasteiger partial charge is 0.165 e. The third-order valence-corrected chi connectivity index (χ3v) is 6.56. The molecule has 1 fully saturated rings. The molecule has 3 aromatic carbocycles. The summed E-state index contributed by atoms with van der Waals surface area (Å²) in [6.07, 6.45) is 2.13. The van der Waals surface area contributed by atoms with Crippen LogP contribution in [-0.2, 0) is 0 Å². The minimum absolute atomic E-state index is 0.0925. The van der Waals surface area contributed by atoms with Gasteiger partial charge in [-0.2, -0.15) is 0 Å². The molecule has 184 valence electrons. The first-order valence-electron chi connectivity index (χ1n) is 12.2. The molecule has 1 atom stereocenters. The lowest BCUT2D eigenvalue weighted by atomic mass is 10.1. The Hall–Kier alpha value is -3.77. The van der Waals surface area contributed by atoms with Gasteiger partial charge in [-0.05, 0) is 61.4 Å². The Morgan fingerprint density at radius 2 is 1.69 bits per heavy atom. The van der Waals surface area contributed by atoms with Gasteiger partial charge in [-0.15, -0.1) is 0 Å². The molecule has 0 aliphatic carbocycles. The monoisotopic (exact) mass is 499 g/mol. The maximum atomic E-state index is 6.53. The maximum Gasteiger partial charge on any atom is 0.165 e. The Balaban J connectivity index is 1.44. The molecular formula is C29H30ClN5O. The van der Waals surface area contributed by atoms with Crippen LogP contribution >= 0.6 is 11.6 Å². The van der Waals surface area contributed by atoms with E-state index < -0.39 is 0 Å². The van der Waals surface area contributed by atoms with E-state index >= 15 is 0 Å². The summed E-state index contributed by atoms with van der Waals surface area (Å²) in [5.74, 6) is 3.07. The second-order valence-corrected chi connectivity index (χ2v) is 9.53. The van der Waals surface area contributed by atoms with Crippen molar-refractivity contribution in [2.45, 2.75) is 18.9 Å². The zero-order valence-corrected chi connectivity index (χ0v) is 21.3. The van der Waals surface area contributed by atoms with Crippen LogP contribution in [0.2, 0.25) is 5.02 Å². The van der Waals surface area contributed by atoms with Crippen LogP contribution in [0.25, 0.3) is 11.4 Å². The van der Waals surface area contributed by atoms with Crippen molar-refractivity contribution in [3.8, 4) is 17.1 Å². The zero-order valence-electron chi connectivity index (χ0n) is 20.6. The normalized spacial score (nSPS) is 15.4. The van der Waals surface area contributed by atoms with Gasteiger partial charge >= 0.3 is 0 Å². The summed E-state index contributed by atoms with van der Waals surface area (Å²) in [7, 11) is 4.06. The van der Waals surface area contributed by atoms with Gasteiger partial charge in [0.05, 0.1) is 11.6 Å². The fraction of sp³-hybridized carbons (Fsp3) is 0.241. The second kappa shape index (κ2) is 10.9. The molecule has 1 aliphatic rings. The van der Waals surface area contributed by atoms with Crippen molar-refractivity contribution in [1.29, 1.82) is 0 Å². The summed E-state index contributed by atoms with van der Waals surface area (Å²) in [6.45, 7) is 1.66. The highest BCUT2D eigenvalue weighted by Gasteiger charge is 2.24. The fourth-order valence-corrected chi connectivity index (χ4v) is 4.57. The van der Waals surface area contributed by atoms with E-state index in [9.17, 15) is 0 Å². The van der Waals surface area contributed by atoms with E-state index in [0.717, 1.165) is 60.3 Å². The van der Waals surface area contributed by atoms with Gasteiger partial charge in [0, 0.05) is 43.6 Å². The fourth-order valence-electron chi connectivity index (χ4n) is 4.35. The highest BCUT2D eigenvalue weighted by molar-refractivity contribution is 6.33. The van der Waals surface area contributed by atoms with Crippen LogP contribution in [-0.4, -0.2) is 43.3 Å². The number of hydrogen-bond donors (Lipinski definition) is 1. The van der Waals surface area contributed by atoms with E-state index in [2.05, 4.69) is 39.4 Å². The molecule has 1 aromatic heterocycles. The number of para-hydroxylation sites is 1. The van der Waals surface area contributed by atoms with Crippen molar-refractivity contribution in [2.24, 2.45) is 0 Å². The van der Waals surface area contributed by atoms with Crippen molar-refractivity contribution < 1.29 is 4.74 Å². The van der Waals surface area contributed by atoms with Gasteiger partial charge in [-0.25, -0.2) is 9.97 Å². The predicted molar refractivity (Wildman–Crippen MR) is 149 cm³/mol. The molecule has 1 N–H and O–H groups in total. The summed E-state index contributed by atoms with van der Waals surface area (Å²) in [5, 5.41) is 4.08. The van der Waals surface area contributed by atoms with Crippen molar-refractivity contribution in [2.75, 3.05) is 42.3 Å². The summed E-state index contributed by atoms with van der Waals surface area (Å²) in [6, 6.07) is 28.0. The minimum atomic E-state index is 0.0925. The van der Waals surface area contributed by atoms with E-state index in [1.807, 2.05) is 74.8 Å². The number of rotatable bonds is 7. The number of anilines is 4. The highest BCUT2D eigenvalue weighted by atomic mass is 35.5. The van der Waals surface area contributed by atoms with Gasteiger partial charge in [0.2, 0.25) is 0 Å². The van der Waals surface area contributed by atoms with Gasteiger partial charge in [0.15, 0.2) is 5.82 Å². The average molecular weight is 500 g/mol. The van der Waals surface area contributed by atoms with Gasteiger partial charge in [-0.3, -0.25) is 0 Å².